The second-order valence-corrected chi connectivity index (χ2v) is 12.4. The standard InChI is InChI=1S/C41H41ClFN3O4/c1-28-33(7-4-8-35(28)37-10-5-9-36(38(37)21-43)32-13-11-29(12-14-32)6-2-3-16-47)27-50-41-20-40(34(19-39(41)42)25-45-15-17-48)49-26-31-18-30(22-44)23-46-24-31/h4-5,7-14,18-20,23-24,45,47-48H,2-3,6,15-17,21,25-27H2,1H3. The summed E-state index contributed by atoms with van der Waals surface area (Å²) < 4.78 is 27.3. The van der Waals surface area contributed by atoms with Crippen molar-refractivity contribution in [1.82, 2.24) is 10.3 Å². The first-order chi connectivity index (χ1) is 24.4. The number of unbranched alkanes of at least 4 members (excludes halogenated alkanes) is 1. The summed E-state index contributed by atoms with van der Waals surface area (Å²) in [4.78, 5) is 4.11. The fourth-order valence-corrected chi connectivity index (χ4v) is 6.12. The van der Waals surface area contributed by atoms with Gasteiger partial charge in [0.1, 0.15) is 37.5 Å². The molecule has 0 fully saturated rings. The van der Waals surface area contributed by atoms with Crippen molar-refractivity contribution in [2.45, 2.75) is 52.6 Å². The molecule has 50 heavy (non-hydrogen) atoms. The number of benzene rings is 4. The van der Waals surface area contributed by atoms with Crippen LogP contribution in [0.3, 0.4) is 0 Å². The first kappa shape index (κ1) is 36.5. The van der Waals surface area contributed by atoms with Gasteiger partial charge in [-0.25, -0.2) is 4.39 Å². The van der Waals surface area contributed by atoms with Crippen LogP contribution in [-0.2, 0) is 32.9 Å². The number of aliphatic hydroxyl groups excluding tert-OH is 2. The molecule has 0 saturated heterocycles. The number of hydrogen-bond donors (Lipinski definition) is 3. The molecule has 0 saturated carbocycles. The maximum Gasteiger partial charge on any atom is 0.142 e. The largest absolute Gasteiger partial charge is 0.488 e. The van der Waals surface area contributed by atoms with Crippen LogP contribution in [0.2, 0.25) is 5.02 Å². The first-order valence-corrected chi connectivity index (χ1v) is 17.0. The second-order valence-electron chi connectivity index (χ2n) is 12.0. The van der Waals surface area contributed by atoms with E-state index in [1.165, 1.54) is 11.8 Å². The Labute approximate surface area is 297 Å². The van der Waals surface area contributed by atoms with Gasteiger partial charge in [0.25, 0.3) is 0 Å². The molecule has 0 aliphatic carbocycles. The summed E-state index contributed by atoms with van der Waals surface area (Å²) in [5, 5.41) is 31.1. The fourth-order valence-electron chi connectivity index (χ4n) is 5.88. The van der Waals surface area contributed by atoms with Gasteiger partial charge in [-0.2, -0.15) is 5.26 Å². The Bertz CT molecular complexity index is 1930. The first-order valence-electron chi connectivity index (χ1n) is 16.7. The number of nitriles is 1. The van der Waals surface area contributed by atoms with E-state index in [1.807, 2.05) is 55.5 Å². The number of alkyl halides is 1. The lowest BCUT2D eigenvalue weighted by Crippen LogP contribution is -2.18. The molecule has 0 aliphatic rings. The molecule has 0 aliphatic heterocycles. The molecule has 9 heteroatoms. The van der Waals surface area contributed by atoms with E-state index >= 15 is 0 Å². The predicted molar refractivity (Wildman–Crippen MR) is 195 cm³/mol. The molecule has 1 heterocycles. The van der Waals surface area contributed by atoms with E-state index in [-0.39, 0.29) is 26.4 Å². The lowest BCUT2D eigenvalue weighted by molar-refractivity contribution is 0.282. The summed E-state index contributed by atoms with van der Waals surface area (Å²) in [5.74, 6) is 0.984. The van der Waals surface area contributed by atoms with E-state index in [0.717, 1.165) is 63.8 Å². The number of aromatic nitrogens is 1. The molecule has 0 spiro atoms. The van der Waals surface area contributed by atoms with Crippen LogP contribution < -0.4 is 14.8 Å². The third kappa shape index (κ3) is 9.26. The maximum absolute atomic E-state index is 14.8. The molecular weight excluding hydrogens is 653 g/mol. The van der Waals surface area contributed by atoms with Crippen molar-refractivity contribution in [3.8, 4) is 39.8 Å². The van der Waals surface area contributed by atoms with Gasteiger partial charge >= 0.3 is 0 Å². The van der Waals surface area contributed by atoms with Crippen molar-refractivity contribution < 1.29 is 24.1 Å². The van der Waals surface area contributed by atoms with Gasteiger partial charge in [0.2, 0.25) is 0 Å². The van der Waals surface area contributed by atoms with Crippen LogP contribution >= 0.6 is 11.6 Å². The van der Waals surface area contributed by atoms with Crippen molar-refractivity contribution in [3.05, 3.63) is 135 Å². The second kappa shape index (κ2) is 18.3. The van der Waals surface area contributed by atoms with Crippen LogP contribution in [0.15, 0.2) is 91.3 Å². The minimum absolute atomic E-state index is 0.00684. The number of pyridine rings is 1. The molecule has 5 rings (SSSR count). The SMILES string of the molecule is Cc1c(COc2cc(OCc3cncc(C#N)c3)c(CNCCO)cc2Cl)cccc1-c1cccc(-c2ccc(CCCCO)cc2)c1CF. The molecule has 1 aromatic heterocycles. The van der Waals surface area contributed by atoms with Gasteiger partial charge in [0.05, 0.1) is 17.2 Å². The van der Waals surface area contributed by atoms with Crippen molar-refractivity contribution in [3.63, 3.8) is 0 Å². The van der Waals surface area contributed by atoms with E-state index in [1.54, 1.807) is 24.4 Å². The number of rotatable bonds is 17. The molecule has 0 bridgehead atoms. The smallest absolute Gasteiger partial charge is 0.142 e. The van der Waals surface area contributed by atoms with Crippen LogP contribution in [0.4, 0.5) is 4.39 Å². The lowest BCUT2D eigenvalue weighted by atomic mass is 9.89. The van der Waals surface area contributed by atoms with E-state index in [0.29, 0.717) is 40.7 Å². The molecule has 0 amide bonds. The Kier molecular flexibility index (Phi) is 13.3. The fraction of sp³-hybridized carbons (Fsp3) is 0.268. The van der Waals surface area contributed by atoms with Gasteiger partial charge in [0.15, 0.2) is 0 Å². The number of nitrogens with zero attached hydrogens (tertiary/aromatic N) is 2. The zero-order chi connectivity index (χ0) is 35.3. The van der Waals surface area contributed by atoms with Crippen molar-refractivity contribution in [1.29, 1.82) is 5.26 Å². The summed E-state index contributed by atoms with van der Waals surface area (Å²) in [6.45, 7) is 2.81. The Morgan fingerprint density at radius 1 is 0.820 bits per heavy atom. The predicted octanol–water partition coefficient (Wildman–Crippen LogP) is 8.27. The summed E-state index contributed by atoms with van der Waals surface area (Å²) in [6, 6.07) is 27.4. The van der Waals surface area contributed by atoms with Gasteiger partial charge in [-0.1, -0.05) is 72.3 Å². The molecule has 0 unspecified atom stereocenters. The number of nitrogens with one attached hydrogen (secondary N) is 1. The van der Waals surface area contributed by atoms with Gasteiger partial charge in [-0.3, -0.25) is 4.98 Å². The van der Waals surface area contributed by atoms with Gasteiger partial charge in [-0.15, -0.1) is 0 Å². The normalized spacial score (nSPS) is 11.0. The molecule has 0 radical (unpaired) electrons. The lowest BCUT2D eigenvalue weighted by Gasteiger charge is -2.18. The van der Waals surface area contributed by atoms with Gasteiger partial charge in [0, 0.05) is 49.3 Å². The minimum Gasteiger partial charge on any atom is -0.488 e. The number of halogens is 2. The van der Waals surface area contributed by atoms with Crippen LogP contribution in [-0.4, -0.2) is 35.0 Å². The van der Waals surface area contributed by atoms with E-state index in [9.17, 15) is 14.8 Å². The highest BCUT2D eigenvalue weighted by Gasteiger charge is 2.17. The average Bonchev–Trinajstić information content (AvgIpc) is 3.14. The van der Waals surface area contributed by atoms with Gasteiger partial charge < -0.3 is 25.0 Å². The Hall–Kier alpha value is -4.78. The Balaban J connectivity index is 1.38. The van der Waals surface area contributed by atoms with Crippen molar-refractivity contribution in [2.75, 3.05) is 19.8 Å². The molecule has 7 nitrogen and oxygen atoms in total. The topological polar surface area (TPSA) is 108 Å². The molecular formula is C41H41ClFN3O4. The van der Waals surface area contributed by atoms with Gasteiger partial charge in [-0.05, 0) is 82.8 Å². The van der Waals surface area contributed by atoms with Crippen molar-refractivity contribution in [2.24, 2.45) is 0 Å². The zero-order valence-electron chi connectivity index (χ0n) is 28.1. The van der Waals surface area contributed by atoms with Crippen LogP contribution in [0.1, 0.15) is 51.8 Å². The van der Waals surface area contributed by atoms with E-state index in [2.05, 4.69) is 28.5 Å². The highest BCUT2D eigenvalue weighted by atomic mass is 35.5. The Morgan fingerprint density at radius 2 is 1.58 bits per heavy atom. The third-order valence-electron chi connectivity index (χ3n) is 8.60. The number of aryl methyl sites for hydroxylation is 1. The monoisotopic (exact) mass is 693 g/mol. The van der Waals surface area contributed by atoms with E-state index in [4.69, 9.17) is 26.2 Å². The summed E-state index contributed by atoms with van der Waals surface area (Å²) in [7, 11) is 0. The molecule has 4 aromatic carbocycles. The molecule has 3 N–H and O–H groups in total. The van der Waals surface area contributed by atoms with Crippen LogP contribution in [0.25, 0.3) is 22.3 Å². The quantitative estimate of drug-likeness (QED) is 0.0842. The Morgan fingerprint density at radius 3 is 2.34 bits per heavy atom. The third-order valence-corrected chi connectivity index (χ3v) is 8.90. The molecule has 0 atom stereocenters. The highest BCUT2D eigenvalue weighted by Crippen LogP contribution is 2.37. The van der Waals surface area contributed by atoms with Crippen LogP contribution in [0, 0.1) is 18.3 Å². The van der Waals surface area contributed by atoms with Crippen molar-refractivity contribution >= 4 is 11.6 Å². The van der Waals surface area contributed by atoms with E-state index < -0.39 is 6.67 Å². The zero-order valence-corrected chi connectivity index (χ0v) is 28.8. The number of aliphatic hydroxyl groups is 2. The summed E-state index contributed by atoms with van der Waals surface area (Å²) in [6.07, 6.45) is 5.74. The van der Waals surface area contributed by atoms with Crippen LogP contribution in [0.5, 0.6) is 11.5 Å². The summed E-state index contributed by atoms with van der Waals surface area (Å²) >= 11 is 6.71. The summed E-state index contributed by atoms with van der Waals surface area (Å²) in [5.41, 5.74) is 9.27. The highest BCUT2D eigenvalue weighted by molar-refractivity contribution is 6.32. The minimum atomic E-state index is -0.612. The molecule has 5 aromatic rings. The average molecular weight is 694 g/mol. The molecule has 258 valence electrons. The number of hydrogen-bond acceptors (Lipinski definition) is 7. The number of ether oxygens (including phenoxy) is 2. The maximum atomic E-state index is 14.8.